The smallest absolute Gasteiger partial charge is 0.243 e. The molecule has 0 fully saturated rings. The minimum absolute atomic E-state index is 0.126. The topological polar surface area (TPSA) is 46.2 Å². The van der Waals surface area contributed by atoms with Crippen molar-refractivity contribution in [1.82, 2.24) is 5.32 Å². The van der Waals surface area contributed by atoms with Gasteiger partial charge in [-0.3, -0.25) is 9.59 Å². The van der Waals surface area contributed by atoms with Crippen LogP contribution in [0.2, 0.25) is 0 Å². The van der Waals surface area contributed by atoms with Crippen LogP contribution in [0.4, 0.5) is 0 Å². The average molecular weight is 127 g/mol. The Hall–Kier alpha value is -1.12. The van der Waals surface area contributed by atoms with Crippen LogP contribution in [0.15, 0.2) is 12.2 Å². The number of carbonyl (C=O) groups is 2. The summed E-state index contributed by atoms with van der Waals surface area (Å²) < 4.78 is 0. The van der Waals surface area contributed by atoms with E-state index in [9.17, 15) is 9.59 Å². The van der Waals surface area contributed by atoms with Gasteiger partial charge >= 0.3 is 0 Å². The second-order valence-electron chi connectivity index (χ2n) is 1.56. The molecule has 0 aromatic heterocycles. The maximum absolute atomic E-state index is 10.4. The molecule has 0 aliphatic heterocycles. The first-order valence-electron chi connectivity index (χ1n) is 2.57. The van der Waals surface area contributed by atoms with Crippen molar-refractivity contribution in [3.05, 3.63) is 12.2 Å². The molecule has 0 saturated carbocycles. The summed E-state index contributed by atoms with van der Waals surface area (Å²) in [6.45, 7) is 1.39. The zero-order chi connectivity index (χ0) is 7.28. The van der Waals surface area contributed by atoms with Gasteiger partial charge in [0.2, 0.25) is 5.91 Å². The van der Waals surface area contributed by atoms with Gasteiger partial charge in [-0.15, -0.1) is 0 Å². The molecule has 1 N–H and O–H groups in total. The van der Waals surface area contributed by atoms with Crippen LogP contribution in [0, 0.1) is 0 Å². The lowest BCUT2D eigenvalue weighted by Gasteiger charge is -1.85. The molecule has 0 bridgehead atoms. The fraction of sp³-hybridized carbons (Fsp3) is 0.333. The number of allylic oxidation sites excluding steroid dienone is 1. The molecule has 0 unspecified atom stereocenters. The largest absolute Gasteiger partial charge is 0.356 e. The number of nitrogens with one attached hydrogen (secondary N) is 1. The van der Waals surface area contributed by atoms with Crippen LogP contribution in [0.3, 0.4) is 0 Å². The summed E-state index contributed by atoms with van der Waals surface area (Å²) in [5, 5.41) is 2.34. The second-order valence-corrected chi connectivity index (χ2v) is 1.56. The fourth-order valence-corrected chi connectivity index (χ4v) is 0.276. The first-order valence-corrected chi connectivity index (χ1v) is 2.57. The number of hydrogen-bond donors (Lipinski definition) is 1. The third kappa shape index (κ3) is 4.74. The first-order chi connectivity index (χ1) is 4.16. The molecular weight excluding hydrogens is 118 g/mol. The molecule has 0 aliphatic carbocycles. The Bertz CT molecular complexity index is 149. The Morgan fingerprint density at radius 3 is 2.22 bits per heavy atom. The lowest BCUT2D eigenvalue weighted by molar-refractivity contribution is -0.117. The van der Waals surface area contributed by atoms with Crippen LogP contribution in [-0.4, -0.2) is 18.7 Å². The van der Waals surface area contributed by atoms with Gasteiger partial charge in [0.1, 0.15) is 0 Å². The molecule has 0 rings (SSSR count). The van der Waals surface area contributed by atoms with Gasteiger partial charge in [0.25, 0.3) is 0 Å². The number of amides is 1. The second kappa shape index (κ2) is 3.83. The van der Waals surface area contributed by atoms with Crippen molar-refractivity contribution in [2.75, 3.05) is 7.05 Å². The predicted octanol–water partition coefficient (Wildman–Crippen LogP) is -0.122. The summed E-state index contributed by atoms with van der Waals surface area (Å²) in [4.78, 5) is 20.6. The highest BCUT2D eigenvalue weighted by Crippen LogP contribution is 1.73. The molecule has 3 heteroatoms. The minimum atomic E-state index is -0.259. The molecule has 0 aromatic rings. The van der Waals surface area contributed by atoms with Gasteiger partial charge < -0.3 is 5.32 Å². The zero-order valence-corrected chi connectivity index (χ0v) is 5.47. The van der Waals surface area contributed by atoms with E-state index < -0.39 is 0 Å². The van der Waals surface area contributed by atoms with Gasteiger partial charge in [0.15, 0.2) is 5.78 Å². The third-order valence-corrected chi connectivity index (χ3v) is 0.716. The van der Waals surface area contributed by atoms with E-state index in [4.69, 9.17) is 0 Å². The summed E-state index contributed by atoms with van der Waals surface area (Å²) in [7, 11) is 1.51. The molecule has 0 heterocycles. The van der Waals surface area contributed by atoms with Gasteiger partial charge in [-0.25, -0.2) is 0 Å². The van der Waals surface area contributed by atoms with Gasteiger partial charge in [0, 0.05) is 13.1 Å². The highest BCUT2D eigenvalue weighted by atomic mass is 16.1. The number of carbonyl (C=O) groups excluding carboxylic acids is 2. The average Bonchev–Trinajstić information content (AvgIpc) is 1.83. The highest BCUT2D eigenvalue weighted by molar-refractivity contribution is 5.96. The third-order valence-electron chi connectivity index (χ3n) is 0.716. The van der Waals surface area contributed by atoms with E-state index in [-0.39, 0.29) is 11.7 Å². The van der Waals surface area contributed by atoms with Crippen molar-refractivity contribution < 1.29 is 9.59 Å². The predicted molar refractivity (Wildman–Crippen MR) is 33.9 cm³/mol. The normalized spacial score (nSPS) is 9.56. The van der Waals surface area contributed by atoms with Crippen LogP contribution in [-0.2, 0) is 9.59 Å². The van der Waals surface area contributed by atoms with Crippen LogP contribution in [0.5, 0.6) is 0 Å². The SMILES string of the molecule is CNC(=O)/C=C\C(C)=O. The van der Waals surface area contributed by atoms with Crippen molar-refractivity contribution >= 4 is 11.7 Å². The van der Waals surface area contributed by atoms with Crippen molar-refractivity contribution in [2.45, 2.75) is 6.92 Å². The van der Waals surface area contributed by atoms with Crippen LogP contribution in [0.1, 0.15) is 6.92 Å². The standard InChI is InChI=1S/C6H9NO2/c1-5(8)3-4-6(9)7-2/h3-4H,1-2H3,(H,7,9)/b4-3-. The summed E-state index contributed by atoms with van der Waals surface area (Å²) >= 11 is 0. The van der Waals surface area contributed by atoms with Crippen molar-refractivity contribution in [1.29, 1.82) is 0 Å². The van der Waals surface area contributed by atoms with E-state index in [0.29, 0.717) is 0 Å². The molecule has 3 nitrogen and oxygen atoms in total. The number of rotatable bonds is 2. The quantitative estimate of drug-likeness (QED) is 0.525. The molecule has 0 atom stereocenters. The van der Waals surface area contributed by atoms with Crippen LogP contribution >= 0.6 is 0 Å². The van der Waals surface area contributed by atoms with Crippen LogP contribution in [0.25, 0.3) is 0 Å². The maximum atomic E-state index is 10.4. The van der Waals surface area contributed by atoms with E-state index in [0.717, 1.165) is 0 Å². The Labute approximate surface area is 53.7 Å². The molecule has 0 aliphatic rings. The van der Waals surface area contributed by atoms with Crippen molar-refractivity contribution in [3.8, 4) is 0 Å². The molecule has 0 spiro atoms. The van der Waals surface area contributed by atoms with Gasteiger partial charge in [-0.1, -0.05) is 0 Å². The fourth-order valence-electron chi connectivity index (χ4n) is 0.276. The molecule has 0 saturated heterocycles. The van der Waals surface area contributed by atoms with Crippen LogP contribution < -0.4 is 5.32 Å². The Balaban J connectivity index is 3.71. The molecule has 0 aromatic carbocycles. The van der Waals surface area contributed by atoms with Gasteiger partial charge in [-0.2, -0.15) is 0 Å². The highest BCUT2D eigenvalue weighted by Gasteiger charge is 1.87. The monoisotopic (exact) mass is 127 g/mol. The number of ketones is 1. The number of likely N-dealkylation sites (N-methyl/N-ethyl adjacent to an activating group) is 1. The minimum Gasteiger partial charge on any atom is -0.356 e. The summed E-state index contributed by atoms with van der Waals surface area (Å²) in [5.41, 5.74) is 0. The molecule has 1 amide bonds. The lowest BCUT2D eigenvalue weighted by atomic mass is 10.4. The van der Waals surface area contributed by atoms with E-state index in [2.05, 4.69) is 5.32 Å². The lowest BCUT2D eigenvalue weighted by Crippen LogP contribution is -2.14. The van der Waals surface area contributed by atoms with Gasteiger partial charge in [-0.05, 0) is 13.0 Å². The summed E-state index contributed by atoms with van der Waals surface area (Å²) in [6, 6.07) is 0. The Kier molecular flexibility index (Phi) is 3.35. The summed E-state index contributed by atoms with van der Waals surface area (Å²) in [6.07, 6.45) is 2.42. The van der Waals surface area contributed by atoms with E-state index in [1.807, 2.05) is 0 Å². The molecule has 0 radical (unpaired) electrons. The first kappa shape index (κ1) is 7.88. The van der Waals surface area contributed by atoms with E-state index in [1.165, 1.54) is 26.1 Å². The molecule has 50 valence electrons. The molecule has 9 heavy (non-hydrogen) atoms. The van der Waals surface area contributed by atoms with Crippen molar-refractivity contribution in [3.63, 3.8) is 0 Å². The Morgan fingerprint density at radius 2 is 1.89 bits per heavy atom. The van der Waals surface area contributed by atoms with E-state index >= 15 is 0 Å². The molecular formula is C6H9NO2. The van der Waals surface area contributed by atoms with E-state index in [1.54, 1.807) is 0 Å². The number of hydrogen-bond acceptors (Lipinski definition) is 2. The maximum Gasteiger partial charge on any atom is 0.243 e. The van der Waals surface area contributed by atoms with Crippen molar-refractivity contribution in [2.24, 2.45) is 0 Å². The summed E-state index contributed by atoms with van der Waals surface area (Å²) in [5.74, 6) is -0.385. The zero-order valence-electron chi connectivity index (χ0n) is 5.47. The Morgan fingerprint density at radius 1 is 1.33 bits per heavy atom. The van der Waals surface area contributed by atoms with Gasteiger partial charge in [0.05, 0.1) is 0 Å².